The van der Waals surface area contributed by atoms with Gasteiger partial charge in [-0.05, 0) is 26.0 Å². The van der Waals surface area contributed by atoms with Gasteiger partial charge < -0.3 is 4.74 Å². The Balaban J connectivity index is 2.11. The normalized spacial score (nSPS) is 11.5. The van der Waals surface area contributed by atoms with Crippen LogP contribution < -0.4 is 0 Å². The van der Waals surface area contributed by atoms with Gasteiger partial charge in [-0.25, -0.2) is 9.48 Å². The van der Waals surface area contributed by atoms with Gasteiger partial charge >= 0.3 is 11.2 Å². The molecule has 0 saturated carbocycles. The predicted octanol–water partition coefficient (Wildman–Crippen LogP) is 3.15. The molecule has 0 unspecified atom stereocenters. The zero-order chi connectivity index (χ0) is 16.2. The number of thioether (sulfide) groups is 1. The van der Waals surface area contributed by atoms with Crippen molar-refractivity contribution in [3.63, 3.8) is 0 Å². The molecule has 1 aromatic carbocycles. The third kappa shape index (κ3) is 4.03. The molecule has 0 saturated heterocycles. The average molecular weight is 327 g/mol. The van der Waals surface area contributed by atoms with Crippen molar-refractivity contribution in [2.24, 2.45) is 0 Å². The number of benzene rings is 1. The van der Waals surface area contributed by atoms with Crippen LogP contribution in [0.25, 0.3) is 0 Å². The third-order valence-electron chi connectivity index (χ3n) is 2.80. The van der Waals surface area contributed by atoms with Crippen LogP contribution in [0.15, 0.2) is 35.2 Å². The molecular weight excluding hydrogens is 312 g/mol. The number of halogens is 2. The van der Waals surface area contributed by atoms with Crippen molar-refractivity contribution < 1.29 is 18.3 Å². The van der Waals surface area contributed by atoms with Crippen LogP contribution in [0.2, 0.25) is 0 Å². The minimum absolute atomic E-state index is 0.0395. The summed E-state index contributed by atoms with van der Waals surface area (Å²) in [7, 11) is 0. The first-order valence-electron chi connectivity index (χ1n) is 6.62. The molecular formula is C14H15F2N3O2S. The first-order chi connectivity index (χ1) is 10.4. The van der Waals surface area contributed by atoms with E-state index in [1.165, 1.54) is 6.92 Å². The summed E-state index contributed by atoms with van der Waals surface area (Å²) in [5, 5.41) is 4.16. The SMILES string of the molecule is CCOC(=O)c1nnn(CC(F)(F)Sc2ccccc2)c1C. The minimum atomic E-state index is -3.08. The van der Waals surface area contributed by atoms with Gasteiger partial charge in [-0.3, -0.25) is 0 Å². The summed E-state index contributed by atoms with van der Waals surface area (Å²) in [5.74, 6) is -0.662. The second kappa shape index (κ2) is 6.87. The van der Waals surface area contributed by atoms with E-state index >= 15 is 0 Å². The van der Waals surface area contributed by atoms with Crippen LogP contribution in [-0.2, 0) is 11.3 Å². The van der Waals surface area contributed by atoms with Crippen LogP contribution in [-0.4, -0.2) is 32.8 Å². The molecule has 1 heterocycles. The monoisotopic (exact) mass is 327 g/mol. The summed E-state index contributed by atoms with van der Waals surface area (Å²) in [5.41, 5.74) is 0.217. The number of aromatic nitrogens is 3. The summed E-state index contributed by atoms with van der Waals surface area (Å²) in [6.07, 6.45) is 0. The molecule has 0 spiro atoms. The maximum Gasteiger partial charge on any atom is 0.360 e. The van der Waals surface area contributed by atoms with Crippen molar-refractivity contribution in [2.45, 2.75) is 30.5 Å². The van der Waals surface area contributed by atoms with Gasteiger partial charge in [0.25, 0.3) is 0 Å². The van der Waals surface area contributed by atoms with Gasteiger partial charge in [0.2, 0.25) is 0 Å². The van der Waals surface area contributed by atoms with Crippen molar-refractivity contribution in [1.82, 2.24) is 15.0 Å². The van der Waals surface area contributed by atoms with Gasteiger partial charge in [0.1, 0.15) is 6.54 Å². The Kier molecular flexibility index (Phi) is 5.12. The smallest absolute Gasteiger partial charge is 0.360 e. The van der Waals surface area contributed by atoms with E-state index in [1.54, 1.807) is 37.3 Å². The van der Waals surface area contributed by atoms with Gasteiger partial charge in [-0.15, -0.1) is 5.10 Å². The second-order valence-corrected chi connectivity index (χ2v) is 5.73. The van der Waals surface area contributed by atoms with Crippen LogP contribution >= 0.6 is 11.8 Å². The molecule has 0 N–H and O–H groups in total. The highest BCUT2D eigenvalue weighted by Gasteiger charge is 2.33. The molecule has 0 fully saturated rings. The van der Waals surface area contributed by atoms with E-state index in [1.807, 2.05) is 0 Å². The Bertz CT molecular complexity index is 647. The largest absolute Gasteiger partial charge is 0.461 e. The predicted molar refractivity (Wildman–Crippen MR) is 78.0 cm³/mol. The van der Waals surface area contributed by atoms with E-state index in [0.717, 1.165) is 4.68 Å². The number of nitrogens with zero attached hydrogens (tertiary/aromatic N) is 3. The molecule has 2 rings (SSSR count). The molecule has 118 valence electrons. The summed E-state index contributed by atoms with van der Waals surface area (Å²) >= 11 is 0.439. The molecule has 0 aliphatic heterocycles. The minimum Gasteiger partial charge on any atom is -0.461 e. The van der Waals surface area contributed by atoms with Crippen molar-refractivity contribution >= 4 is 17.7 Å². The van der Waals surface area contributed by atoms with Crippen LogP contribution in [0.1, 0.15) is 23.1 Å². The Morgan fingerprint density at radius 2 is 2.05 bits per heavy atom. The van der Waals surface area contributed by atoms with E-state index in [2.05, 4.69) is 10.3 Å². The molecule has 0 bridgehead atoms. The first-order valence-corrected chi connectivity index (χ1v) is 7.43. The lowest BCUT2D eigenvalue weighted by molar-refractivity contribution is 0.0517. The molecule has 8 heteroatoms. The zero-order valence-corrected chi connectivity index (χ0v) is 12.9. The third-order valence-corrected chi connectivity index (χ3v) is 3.73. The van der Waals surface area contributed by atoms with Gasteiger partial charge in [0.15, 0.2) is 5.69 Å². The van der Waals surface area contributed by atoms with Crippen molar-refractivity contribution in [2.75, 3.05) is 6.61 Å². The van der Waals surface area contributed by atoms with Crippen LogP contribution in [0.5, 0.6) is 0 Å². The second-order valence-electron chi connectivity index (χ2n) is 4.45. The van der Waals surface area contributed by atoms with E-state index in [-0.39, 0.29) is 18.0 Å². The number of carbonyl (C=O) groups is 1. The molecule has 1 aromatic heterocycles. The van der Waals surface area contributed by atoms with Gasteiger partial charge in [-0.2, -0.15) is 8.78 Å². The standard InChI is InChI=1S/C14H15F2N3O2S/c1-3-21-13(20)12-10(2)19(18-17-12)9-14(15,16)22-11-7-5-4-6-8-11/h4-8H,3,9H2,1-2H3. The fourth-order valence-corrected chi connectivity index (χ4v) is 2.59. The molecule has 0 aliphatic rings. The van der Waals surface area contributed by atoms with Crippen molar-refractivity contribution in [3.05, 3.63) is 41.7 Å². The molecule has 2 aromatic rings. The van der Waals surface area contributed by atoms with Crippen molar-refractivity contribution in [1.29, 1.82) is 0 Å². The first kappa shape index (κ1) is 16.4. The highest BCUT2D eigenvalue weighted by molar-refractivity contribution is 8.00. The summed E-state index contributed by atoms with van der Waals surface area (Å²) < 4.78 is 34.0. The number of hydrogen-bond donors (Lipinski definition) is 0. The number of rotatable bonds is 6. The Labute approximate surface area is 130 Å². The quantitative estimate of drug-likeness (QED) is 0.602. The fourth-order valence-electron chi connectivity index (χ4n) is 1.77. The van der Waals surface area contributed by atoms with E-state index in [9.17, 15) is 13.6 Å². The van der Waals surface area contributed by atoms with Gasteiger partial charge in [-0.1, -0.05) is 35.2 Å². The molecule has 0 radical (unpaired) electrons. The molecule has 0 aliphatic carbocycles. The topological polar surface area (TPSA) is 57.0 Å². The molecule has 0 atom stereocenters. The maximum absolute atomic E-state index is 14.1. The van der Waals surface area contributed by atoms with Crippen molar-refractivity contribution in [3.8, 4) is 0 Å². The Morgan fingerprint density at radius 1 is 1.36 bits per heavy atom. The molecule has 5 nitrogen and oxygen atoms in total. The number of alkyl halides is 2. The Morgan fingerprint density at radius 3 is 2.68 bits per heavy atom. The summed E-state index contributed by atoms with van der Waals surface area (Å²) in [6.45, 7) is 2.67. The van der Waals surface area contributed by atoms with Crippen LogP contribution in [0, 0.1) is 6.92 Å². The van der Waals surface area contributed by atoms with Gasteiger partial charge in [0.05, 0.1) is 12.3 Å². The summed E-state index contributed by atoms with van der Waals surface area (Å²) in [4.78, 5) is 12.1. The highest BCUT2D eigenvalue weighted by Crippen LogP contribution is 2.37. The van der Waals surface area contributed by atoms with Crippen LogP contribution in [0.4, 0.5) is 8.78 Å². The highest BCUT2D eigenvalue weighted by atomic mass is 32.2. The Hall–Kier alpha value is -1.96. The lowest BCUT2D eigenvalue weighted by Crippen LogP contribution is -2.21. The number of hydrogen-bond acceptors (Lipinski definition) is 5. The van der Waals surface area contributed by atoms with E-state index in [4.69, 9.17) is 4.74 Å². The molecule has 22 heavy (non-hydrogen) atoms. The lowest BCUT2D eigenvalue weighted by Gasteiger charge is -2.16. The number of carbonyl (C=O) groups excluding carboxylic acids is 1. The number of esters is 1. The average Bonchev–Trinajstić information content (AvgIpc) is 2.80. The van der Waals surface area contributed by atoms with E-state index in [0.29, 0.717) is 16.7 Å². The van der Waals surface area contributed by atoms with E-state index < -0.39 is 17.8 Å². The maximum atomic E-state index is 14.1. The molecule has 0 amide bonds. The summed E-state index contributed by atoms with van der Waals surface area (Å²) in [6, 6.07) is 8.36. The van der Waals surface area contributed by atoms with Crippen LogP contribution in [0.3, 0.4) is 0 Å². The lowest BCUT2D eigenvalue weighted by atomic mass is 10.3. The fraction of sp³-hybridized carbons (Fsp3) is 0.357. The zero-order valence-electron chi connectivity index (χ0n) is 12.1. The number of ether oxygens (including phenoxy) is 1. The van der Waals surface area contributed by atoms with Gasteiger partial charge in [0, 0.05) is 4.90 Å².